The summed E-state index contributed by atoms with van der Waals surface area (Å²) < 4.78 is 11.1. The number of guanidine groups is 1. The van der Waals surface area contributed by atoms with Crippen LogP contribution in [0.3, 0.4) is 0 Å². The van der Waals surface area contributed by atoms with Gasteiger partial charge in [-0.1, -0.05) is 6.92 Å². The molecule has 1 aliphatic carbocycles. The molecule has 0 radical (unpaired) electrons. The molecular weight excluding hydrogens is 242 g/mol. The Morgan fingerprint density at radius 1 is 1.47 bits per heavy atom. The minimum Gasteiger partial charge on any atom is -0.377 e. The van der Waals surface area contributed by atoms with E-state index in [1.165, 1.54) is 12.8 Å². The van der Waals surface area contributed by atoms with Crippen LogP contribution in [-0.4, -0.2) is 51.0 Å². The lowest BCUT2D eigenvalue weighted by Crippen LogP contribution is -2.39. The first-order valence-corrected chi connectivity index (χ1v) is 7.53. The van der Waals surface area contributed by atoms with E-state index in [-0.39, 0.29) is 0 Å². The van der Waals surface area contributed by atoms with E-state index >= 15 is 0 Å². The monoisotopic (exact) mass is 269 g/mol. The standard InChI is InChI=1S/C14H27N3O2/c1-3-15-14(17-13-9-11(13)2)16-6-8-18-10-12-5-4-7-19-12/h11-13H,3-10H2,1-2H3,(H2,15,16,17). The molecule has 19 heavy (non-hydrogen) atoms. The highest BCUT2D eigenvalue weighted by atomic mass is 16.5. The van der Waals surface area contributed by atoms with Crippen molar-refractivity contribution in [3.8, 4) is 0 Å². The number of ether oxygens (including phenoxy) is 2. The molecule has 2 fully saturated rings. The molecule has 0 amide bonds. The van der Waals surface area contributed by atoms with Gasteiger partial charge in [0.15, 0.2) is 5.96 Å². The van der Waals surface area contributed by atoms with Gasteiger partial charge in [-0.05, 0) is 32.1 Å². The number of nitrogens with zero attached hydrogens (tertiary/aromatic N) is 1. The maximum absolute atomic E-state index is 5.60. The Morgan fingerprint density at radius 2 is 2.32 bits per heavy atom. The van der Waals surface area contributed by atoms with Crippen LogP contribution in [0.25, 0.3) is 0 Å². The fourth-order valence-corrected chi connectivity index (χ4v) is 2.23. The number of nitrogens with one attached hydrogen (secondary N) is 2. The predicted octanol–water partition coefficient (Wildman–Crippen LogP) is 1.15. The van der Waals surface area contributed by atoms with Crippen LogP contribution in [-0.2, 0) is 9.47 Å². The normalized spacial score (nSPS) is 30.4. The minimum atomic E-state index is 0.308. The molecule has 2 aliphatic rings. The van der Waals surface area contributed by atoms with Crippen molar-refractivity contribution in [3.05, 3.63) is 0 Å². The van der Waals surface area contributed by atoms with Crippen molar-refractivity contribution < 1.29 is 9.47 Å². The summed E-state index contributed by atoms with van der Waals surface area (Å²) in [5.41, 5.74) is 0. The quantitative estimate of drug-likeness (QED) is 0.413. The zero-order valence-corrected chi connectivity index (χ0v) is 12.2. The Labute approximate surface area is 116 Å². The van der Waals surface area contributed by atoms with Gasteiger partial charge in [0.25, 0.3) is 0 Å². The van der Waals surface area contributed by atoms with Crippen LogP contribution in [0, 0.1) is 5.92 Å². The zero-order valence-electron chi connectivity index (χ0n) is 12.2. The van der Waals surface area contributed by atoms with Crippen molar-refractivity contribution in [2.45, 2.75) is 45.3 Å². The van der Waals surface area contributed by atoms with Gasteiger partial charge < -0.3 is 20.1 Å². The smallest absolute Gasteiger partial charge is 0.191 e. The number of aliphatic imine (C=N–C) groups is 1. The van der Waals surface area contributed by atoms with Crippen LogP contribution in [0.4, 0.5) is 0 Å². The molecule has 2 rings (SSSR count). The molecule has 1 heterocycles. The lowest BCUT2D eigenvalue weighted by atomic mass is 10.2. The SMILES string of the molecule is CCNC(=NCCOCC1CCCO1)NC1CC1C. The fraction of sp³-hybridized carbons (Fsp3) is 0.929. The molecule has 110 valence electrons. The average molecular weight is 269 g/mol. The summed E-state index contributed by atoms with van der Waals surface area (Å²) >= 11 is 0. The number of hydrogen-bond acceptors (Lipinski definition) is 3. The van der Waals surface area contributed by atoms with Gasteiger partial charge in [0, 0.05) is 19.2 Å². The van der Waals surface area contributed by atoms with Crippen LogP contribution in [0.15, 0.2) is 4.99 Å². The Bertz CT molecular complexity index is 290. The van der Waals surface area contributed by atoms with Gasteiger partial charge in [0.1, 0.15) is 0 Å². The second-order valence-electron chi connectivity index (χ2n) is 5.43. The Balaban J connectivity index is 1.57. The van der Waals surface area contributed by atoms with Gasteiger partial charge in [-0.2, -0.15) is 0 Å². The van der Waals surface area contributed by atoms with Crippen molar-refractivity contribution in [1.82, 2.24) is 10.6 Å². The molecule has 3 unspecified atom stereocenters. The van der Waals surface area contributed by atoms with Crippen molar-refractivity contribution in [3.63, 3.8) is 0 Å². The van der Waals surface area contributed by atoms with Crippen LogP contribution in [0.5, 0.6) is 0 Å². The van der Waals surface area contributed by atoms with Crippen LogP contribution in [0.1, 0.15) is 33.1 Å². The molecule has 5 heteroatoms. The molecule has 0 bridgehead atoms. The van der Waals surface area contributed by atoms with Gasteiger partial charge in [-0.15, -0.1) is 0 Å². The Kier molecular flexibility index (Phi) is 5.92. The summed E-state index contributed by atoms with van der Waals surface area (Å²) in [6.45, 7) is 8.19. The van der Waals surface area contributed by atoms with Gasteiger partial charge in [0.05, 0.1) is 25.9 Å². The first kappa shape index (κ1) is 14.6. The van der Waals surface area contributed by atoms with Crippen molar-refractivity contribution in [1.29, 1.82) is 0 Å². The summed E-state index contributed by atoms with van der Waals surface area (Å²) in [4.78, 5) is 4.52. The molecule has 0 aromatic carbocycles. The van der Waals surface area contributed by atoms with Gasteiger partial charge in [0.2, 0.25) is 0 Å². The zero-order chi connectivity index (χ0) is 13.5. The Morgan fingerprint density at radius 3 is 2.95 bits per heavy atom. The first-order chi connectivity index (χ1) is 9.29. The van der Waals surface area contributed by atoms with E-state index in [0.29, 0.717) is 31.9 Å². The lowest BCUT2D eigenvalue weighted by Gasteiger charge is -2.11. The highest BCUT2D eigenvalue weighted by Crippen LogP contribution is 2.28. The van der Waals surface area contributed by atoms with Crippen molar-refractivity contribution in [2.75, 3.05) is 32.9 Å². The summed E-state index contributed by atoms with van der Waals surface area (Å²) in [5.74, 6) is 1.69. The third-order valence-corrected chi connectivity index (χ3v) is 3.61. The van der Waals surface area contributed by atoms with E-state index in [1.54, 1.807) is 0 Å². The molecule has 2 N–H and O–H groups in total. The maximum atomic E-state index is 5.60. The van der Waals surface area contributed by atoms with Crippen LogP contribution < -0.4 is 10.6 Å². The van der Waals surface area contributed by atoms with Gasteiger partial charge in [-0.3, -0.25) is 4.99 Å². The maximum Gasteiger partial charge on any atom is 0.191 e. The largest absolute Gasteiger partial charge is 0.377 e. The van der Waals surface area contributed by atoms with E-state index in [0.717, 1.165) is 31.4 Å². The molecule has 0 aromatic heterocycles. The van der Waals surface area contributed by atoms with Crippen LogP contribution >= 0.6 is 0 Å². The summed E-state index contributed by atoms with van der Waals surface area (Å²) in [5, 5.41) is 6.70. The predicted molar refractivity (Wildman–Crippen MR) is 76.5 cm³/mol. The second-order valence-corrected chi connectivity index (χ2v) is 5.43. The third kappa shape index (κ3) is 5.37. The molecule has 1 saturated heterocycles. The van der Waals surface area contributed by atoms with Crippen molar-refractivity contribution >= 4 is 5.96 Å². The first-order valence-electron chi connectivity index (χ1n) is 7.53. The third-order valence-electron chi connectivity index (χ3n) is 3.61. The molecule has 1 aliphatic heterocycles. The van der Waals surface area contributed by atoms with E-state index in [2.05, 4.69) is 29.5 Å². The van der Waals surface area contributed by atoms with Crippen LogP contribution in [0.2, 0.25) is 0 Å². The van der Waals surface area contributed by atoms with E-state index in [1.807, 2.05) is 0 Å². The summed E-state index contributed by atoms with van der Waals surface area (Å²) in [6, 6.07) is 0.602. The molecular formula is C14H27N3O2. The highest BCUT2D eigenvalue weighted by Gasteiger charge is 2.33. The number of hydrogen-bond donors (Lipinski definition) is 2. The fourth-order valence-electron chi connectivity index (χ4n) is 2.23. The van der Waals surface area contributed by atoms with E-state index in [4.69, 9.17) is 9.47 Å². The molecule has 0 spiro atoms. The topological polar surface area (TPSA) is 54.9 Å². The average Bonchev–Trinajstić information content (AvgIpc) is 2.90. The Hall–Kier alpha value is -0.810. The highest BCUT2D eigenvalue weighted by molar-refractivity contribution is 5.80. The van der Waals surface area contributed by atoms with E-state index in [9.17, 15) is 0 Å². The molecule has 5 nitrogen and oxygen atoms in total. The van der Waals surface area contributed by atoms with Gasteiger partial charge >= 0.3 is 0 Å². The molecule has 0 aromatic rings. The minimum absolute atomic E-state index is 0.308. The summed E-state index contributed by atoms with van der Waals surface area (Å²) in [6.07, 6.45) is 3.86. The van der Waals surface area contributed by atoms with Crippen molar-refractivity contribution in [2.24, 2.45) is 10.9 Å². The lowest BCUT2D eigenvalue weighted by molar-refractivity contribution is 0.0200. The summed E-state index contributed by atoms with van der Waals surface area (Å²) in [7, 11) is 0. The van der Waals surface area contributed by atoms with Gasteiger partial charge in [-0.25, -0.2) is 0 Å². The molecule has 3 atom stereocenters. The van der Waals surface area contributed by atoms with E-state index < -0.39 is 0 Å². The second kappa shape index (κ2) is 7.70. The number of rotatable bonds is 7. The molecule has 1 saturated carbocycles.